The zero-order valence-corrected chi connectivity index (χ0v) is 19.2. The van der Waals surface area contributed by atoms with E-state index in [0.717, 1.165) is 38.5 Å². The molecule has 2 fully saturated rings. The van der Waals surface area contributed by atoms with Crippen molar-refractivity contribution in [2.24, 2.45) is 17.6 Å². The van der Waals surface area contributed by atoms with Gasteiger partial charge < -0.3 is 16.0 Å². The Morgan fingerprint density at radius 1 is 1.12 bits per heavy atom. The first-order chi connectivity index (χ1) is 15.3. The number of carbonyl (C=O) groups excluding carboxylic acids is 3. The van der Waals surface area contributed by atoms with Gasteiger partial charge in [0.05, 0.1) is 12.6 Å². The Bertz CT molecular complexity index is 836. The minimum Gasteiger partial charge on any atom is -0.342 e. The molecule has 0 aromatic heterocycles. The number of nitrogens with zero attached hydrogens (tertiary/aromatic N) is 1. The van der Waals surface area contributed by atoms with Crippen LogP contribution < -0.4 is 11.1 Å². The number of ketones is 1. The molecule has 1 saturated carbocycles. The fraction of sp³-hybridized carbons (Fsp3) is 0.640. The maximum atomic E-state index is 14.7. The molecule has 0 spiro atoms. The van der Waals surface area contributed by atoms with E-state index in [1.54, 1.807) is 11.0 Å². The van der Waals surface area contributed by atoms with E-state index in [4.69, 9.17) is 5.73 Å². The lowest BCUT2D eigenvalue weighted by atomic mass is 9.80. The SMILES string of the molecule is CC(C)C(=O)[C@H](NC(=O)c1ccc(F)c(C2CCCN(C(=O)CN)C2)c1)C1CCCCC1. The topological polar surface area (TPSA) is 92.5 Å². The Balaban J connectivity index is 1.78. The summed E-state index contributed by atoms with van der Waals surface area (Å²) in [6.07, 6.45) is 6.69. The van der Waals surface area contributed by atoms with Gasteiger partial charge in [0.25, 0.3) is 5.91 Å². The number of piperidine rings is 1. The van der Waals surface area contributed by atoms with E-state index < -0.39 is 6.04 Å². The minimum atomic E-state index is -0.511. The molecule has 6 nitrogen and oxygen atoms in total. The Labute approximate surface area is 190 Å². The molecule has 2 atom stereocenters. The molecule has 3 N–H and O–H groups in total. The van der Waals surface area contributed by atoms with Crippen LogP contribution in [0.25, 0.3) is 0 Å². The molecule has 0 radical (unpaired) electrons. The third-order valence-corrected chi connectivity index (χ3v) is 6.93. The molecule has 32 heavy (non-hydrogen) atoms. The molecule has 1 aliphatic carbocycles. The minimum absolute atomic E-state index is 0.0517. The summed E-state index contributed by atoms with van der Waals surface area (Å²) < 4.78 is 14.7. The summed E-state index contributed by atoms with van der Waals surface area (Å²) >= 11 is 0. The summed E-state index contributed by atoms with van der Waals surface area (Å²) in [6, 6.07) is 3.86. The number of likely N-dealkylation sites (tertiary alicyclic amines) is 1. The standard InChI is InChI=1S/C25H36FN3O3/c1-16(2)24(31)23(17-7-4-3-5-8-17)28-25(32)18-10-11-21(26)20(13-18)19-9-6-12-29(15-19)22(30)14-27/h10-11,13,16-17,19,23H,3-9,12,14-15,27H2,1-2H3,(H,28,32)/t19?,23-/m1/s1. The Hall–Kier alpha value is -2.28. The monoisotopic (exact) mass is 445 g/mol. The highest BCUT2D eigenvalue weighted by atomic mass is 19.1. The van der Waals surface area contributed by atoms with E-state index in [1.807, 2.05) is 13.8 Å². The molecular weight excluding hydrogens is 409 g/mol. The van der Waals surface area contributed by atoms with Gasteiger partial charge >= 0.3 is 0 Å². The highest BCUT2D eigenvalue weighted by molar-refractivity contribution is 5.98. The number of carbonyl (C=O) groups is 3. The number of hydrogen-bond donors (Lipinski definition) is 2. The fourth-order valence-electron chi connectivity index (χ4n) is 5.06. The maximum Gasteiger partial charge on any atom is 0.251 e. The molecule has 7 heteroatoms. The van der Waals surface area contributed by atoms with Crippen LogP contribution in [0, 0.1) is 17.7 Å². The van der Waals surface area contributed by atoms with Crippen LogP contribution in [0.1, 0.15) is 80.6 Å². The molecular formula is C25H36FN3O3. The lowest BCUT2D eigenvalue weighted by molar-refractivity contribution is -0.130. The van der Waals surface area contributed by atoms with E-state index in [2.05, 4.69) is 5.32 Å². The molecule has 2 amide bonds. The van der Waals surface area contributed by atoms with Crippen LogP contribution in [-0.4, -0.2) is 48.2 Å². The van der Waals surface area contributed by atoms with E-state index in [0.29, 0.717) is 24.2 Å². The van der Waals surface area contributed by atoms with Crippen LogP contribution in [0.15, 0.2) is 18.2 Å². The summed E-state index contributed by atoms with van der Waals surface area (Å²) in [4.78, 5) is 39.7. The van der Waals surface area contributed by atoms with Gasteiger partial charge in [0.15, 0.2) is 5.78 Å². The van der Waals surface area contributed by atoms with Crippen molar-refractivity contribution in [3.05, 3.63) is 35.1 Å². The number of nitrogens with one attached hydrogen (secondary N) is 1. The van der Waals surface area contributed by atoms with Crippen LogP contribution in [0.2, 0.25) is 0 Å². The van der Waals surface area contributed by atoms with Gasteiger partial charge in [0.1, 0.15) is 5.82 Å². The highest BCUT2D eigenvalue weighted by Crippen LogP contribution is 2.31. The van der Waals surface area contributed by atoms with Gasteiger partial charge in [-0.15, -0.1) is 0 Å². The van der Waals surface area contributed by atoms with Crippen molar-refractivity contribution in [1.82, 2.24) is 10.2 Å². The largest absolute Gasteiger partial charge is 0.342 e. The first-order valence-corrected chi connectivity index (χ1v) is 11.9. The molecule has 2 aliphatic rings. The molecule has 0 bridgehead atoms. The zero-order valence-electron chi connectivity index (χ0n) is 19.2. The average Bonchev–Trinajstić information content (AvgIpc) is 2.82. The third-order valence-electron chi connectivity index (χ3n) is 6.93. The lowest BCUT2D eigenvalue weighted by Crippen LogP contribution is -2.48. The number of rotatable bonds is 7. The smallest absolute Gasteiger partial charge is 0.251 e. The Morgan fingerprint density at radius 3 is 2.50 bits per heavy atom. The van der Waals surface area contributed by atoms with Crippen molar-refractivity contribution in [3.8, 4) is 0 Å². The predicted octanol–water partition coefficient (Wildman–Crippen LogP) is 3.39. The predicted molar refractivity (Wildman–Crippen MR) is 122 cm³/mol. The molecule has 1 aromatic carbocycles. The quantitative estimate of drug-likeness (QED) is 0.673. The Kier molecular flexibility index (Phi) is 8.40. The van der Waals surface area contributed by atoms with Crippen molar-refractivity contribution in [2.45, 2.75) is 70.8 Å². The van der Waals surface area contributed by atoms with Crippen LogP contribution in [0.3, 0.4) is 0 Å². The second-order valence-electron chi connectivity index (χ2n) is 9.53. The van der Waals surface area contributed by atoms with Crippen molar-refractivity contribution < 1.29 is 18.8 Å². The average molecular weight is 446 g/mol. The number of Topliss-reactive ketones (excluding diaryl/α,β-unsaturated/α-hetero) is 1. The van der Waals surface area contributed by atoms with Gasteiger partial charge in [-0.2, -0.15) is 0 Å². The van der Waals surface area contributed by atoms with Crippen molar-refractivity contribution >= 4 is 17.6 Å². The van der Waals surface area contributed by atoms with E-state index in [-0.39, 0.29) is 47.7 Å². The van der Waals surface area contributed by atoms with Crippen molar-refractivity contribution in [1.29, 1.82) is 0 Å². The van der Waals surface area contributed by atoms with Gasteiger partial charge in [-0.1, -0.05) is 33.1 Å². The molecule has 176 valence electrons. The highest BCUT2D eigenvalue weighted by Gasteiger charge is 2.33. The third kappa shape index (κ3) is 5.74. The van der Waals surface area contributed by atoms with Gasteiger partial charge in [0, 0.05) is 30.5 Å². The fourth-order valence-corrected chi connectivity index (χ4v) is 5.06. The Morgan fingerprint density at radius 2 is 1.84 bits per heavy atom. The van der Waals surface area contributed by atoms with Crippen LogP contribution in [0.5, 0.6) is 0 Å². The van der Waals surface area contributed by atoms with E-state index in [1.165, 1.54) is 18.6 Å². The first-order valence-electron chi connectivity index (χ1n) is 11.9. The summed E-state index contributed by atoms with van der Waals surface area (Å²) in [5.41, 5.74) is 6.28. The molecule has 1 heterocycles. The summed E-state index contributed by atoms with van der Waals surface area (Å²) in [6.45, 7) is 4.67. The number of hydrogen-bond acceptors (Lipinski definition) is 4. The van der Waals surface area contributed by atoms with Gasteiger partial charge in [-0.3, -0.25) is 14.4 Å². The van der Waals surface area contributed by atoms with Crippen LogP contribution in [-0.2, 0) is 9.59 Å². The second-order valence-corrected chi connectivity index (χ2v) is 9.53. The van der Waals surface area contributed by atoms with Gasteiger partial charge in [0.2, 0.25) is 5.91 Å². The first kappa shape index (κ1) is 24.4. The maximum absolute atomic E-state index is 14.7. The lowest BCUT2D eigenvalue weighted by Gasteiger charge is -2.33. The van der Waals surface area contributed by atoms with Crippen LogP contribution in [0.4, 0.5) is 4.39 Å². The number of halogens is 1. The normalized spacial score (nSPS) is 20.8. The number of nitrogens with two attached hydrogens (primary N) is 1. The summed E-state index contributed by atoms with van der Waals surface area (Å²) in [5, 5.41) is 2.98. The molecule has 1 aliphatic heterocycles. The van der Waals surface area contributed by atoms with E-state index in [9.17, 15) is 18.8 Å². The van der Waals surface area contributed by atoms with Gasteiger partial charge in [-0.25, -0.2) is 4.39 Å². The molecule has 1 aromatic rings. The molecule has 1 unspecified atom stereocenters. The second kappa shape index (κ2) is 11.0. The number of amides is 2. The summed E-state index contributed by atoms with van der Waals surface area (Å²) in [7, 11) is 0. The van der Waals surface area contributed by atoms with Crippen LogP contribution >= 0.6 is 0 Å². The zero-order chi connectivity index (χ0) is 23.3. The van der Waals surface area contributed by atoms with Crippen molar-refractivity contribution in [3.63, 3.8) is 0 Å². The summed E-state index contributed by atoms with van der Waals surface area (Å²) in [5.74, 6) is -1.02. The van der Waals surface area contributed by atoms with E-state index >= 15 is 0 Å². The molecule has 3 rings (SSSR count). The van der Waals surface area contributed by atoms with Crippen molar-refractivity contribution in [2.75, 3.05) is 19.6 Å². The van der Waals surface area contributed by atoms with Gasteiger partial charge in [-0.05, 0) is 55.4 Å². The molecule has 1 saturated heterocycles. The number of benzene rings is 1.